The van der Waals surface area contributed by atoms with E-state index in [0.717, 1.165) is 24.9 Å². The molecule has 3 rings (SSSR count). The second-order valence-corrected chi connectivity index (χ2v) is 9.53. The average molecular weight is 342 g/mol. The van der Waals surface area contributed by atoms with E-state index in [1.165, 1.54) is 5.56 Å². The van der Waals surface area contributed by atoms with Crippen LogP contribution in [0.5, 0.6) is 0 Å². The van der Waals surface area contributed by atoms with E-state index in [9.17, 15) is 13.2 Å². The van der Waals surface area contributed by atoms with E-state index in [2.05, 4.69) is 16.1 Å². The number of hydrogen-bond donors (Lipinski definition) is 1. The molecule has 5 nitrogen and oxygen atoms in total. The van der Waals surface area contributed by atoms with Gasteiger partial charge in [-0.1, -0.05) is 0 Å². The fraction of sp³-hybridized carbons (Fsp3) is 0.667. The molecular formula is C15H22N2O3S2. The van der Waals surface area contributed by atoms with Crippen LogP contribution >= 0.6 is 11.3 Å². The predicted molar refractivity (Wildman–Crippen MR) is 87.8 cm³/mol. The molecule has 0 saturated carbocycles. The maximum absolute atomic E-state index is 12.4. The summed E-state index contributed by atoms with van der Waals surface area (Å²) in [5.41, 5.74) is 2.14. The van der Waals surface area contributed by atoms with Crippen LogP contribution in [-0.4, -0.2) is 43.9 Å². The number of carbonyl (C=O) groups excluding carboxylic acids is 1. The van der Waals surface area contributed by atoms with Crippen molar-refractivity contribution in [3.63, 3.8) is 0 Å². The minimum atomic E-state index is -2.91. The Morgan fingerprint density at radius 3 is 2.86 bits per heavy atom. The van der Waals surface area contributed by atoms with Gasteiger partial charge in [0, 0.05) is 25.0 Å². The van der Waals surface area contributed by atoms with E-state index in [1.807, 2.05) is 6.92 Å². The van der Waals surface area contributed by atoms with Crippen molar-refractivity contribution in [3.05, 3.63) is 21.9 Å². The summed E-state index contributed by atoms with van der Waals surface area (Å²) in [6.45, 7) is 3.87. The number of amides is 2. The van der Waals surface area contributed by atoms with Crippen molar-refractivity contribution < 1.29 is 13.2 Å². The second-order valence-electron chi connectivity index (χ2n) is 6.61. The first-order chi connectivity index (χ1) is 10.4. The van der Waals surface area contributed by atoms with E-state index in [4.69, 9.17) is 0 Å². The van der Waals surface area contributed by atoms with Crippen LogP contribution in [0.1, 0.15) is 30.4 Å². The van der Waals surface area contributed by atoms with Crippen molar-refractivity contribution in [3.8, 4) is 0 Å². The first-order valence-electron chi connectivity index (χ1n) is 7.64. The molecule has 1 spiro atoms. The second kappa shape index (κ2) is 5.85. The smallest absolute Gasteiger partial charge is 0.317 e. The molecule has 3 heterocycles. The van der Waals surface area contributed by atoms with Crippen LogP contribution in [0.25, 0.3) is 0 Å². The van der Waals surface area contributed by atoms with E-state index in [1.54, 1.807) is 16.2 Å². The Labute approximate surface area is 135 Å². The molecule has 0 bridgehead atoms. The largest absolute Gasteiger partial charge is 0.334 e. The summed E-state index contributed by atoms with van der Waals surface area (Å²) in [5, 5.41) is 7.09. The highest BCUT2D eigenvalue weighted by atomic mass is 32.2. The third kappa shape index (κ3) is 3.30. The molecule has 0 aromatic carbocycles. The Morgan fingerprint density at radius 2 is 2.23 bits per heavy atom. The number of piperidine rings is 1. The fourth-order valence-corrected chi connectivity index (χ4v) is 6.59. The molecule has 0 aliphatic carbocycles. The number of thiophene rings is 1. The highest BCUT2D eigenvalue weighted by Crippen LogP contribution is 2.40. The van der Waals surface area contributed by atoms with Crippen molar-refractivity contribution in [2.45, 2.75) is 32.7 Å². The summed E-state index contributed by atoms with van der Waals surface area (Å²) in [6.07, 6.45) is 2.50. The van der Waals surface area contributed by atoms with Crippen molar-refractivity contribution in [1.29, 1.82) is 0 Å². The molecule has 1 aromatic heterocycles. The first-order valence-corrected chi connectivity index (χ1v) is 10.4. The summed E-state index contributed by atoms with van der Waals surface area (Å²) in [4.78, 5) is 14.2. The van der Waals surface area contributed by atoms with Crippen LogP contribution in [0, 0.1) is 12.3 Å². The number of sulfone groups is 1. The zero-order chi connectivity index (χ0) is 15.8. The van der Waals surface area contributed by atoms with E-state index in [0.29, 0.717) is 19.5 Å². The zero-order valence-electron chi connectivity index (χ0n) is 12.8. The monoisotopic (exact) mass is 342 g/mol. The van der Waals surface area contributed by atoms with Gasteiger partial charge in [0.2, 0.25) is 0 Å². The van der Waals surface area contributed by atoms with Crippen molar-refractivity contribution in [1.82, 2.24) is 10.2 Å². The lowest BCUT2D eigenvalue weighted by molar-refractivity contribution is 0.121. The normalized spacial score (nSPS) is 27.2. The fourth-order valence-electron chi connectivity index (χ4n) is 3.54. The number of hydrogen-bond acceptors (Lipinski definition) is 4. The molecular weight excluding hydrogens is 320 g/mol. The van der Waals surface area contributed by atoms with Crippen LogP contribution in [-0.2, 0) is 16.4 Å². The molecule has 2 aliphatic heterocycles. The van der Waals surface area contributed by atoms with Gasteiger partial charge < -0.3 is 10.2 Å². The molecule has 1 unspecified atom stereocenters. The molecule has 0 radical (unpaired) electrons. The van der Waals surface area contributed by atoms with Crippen LogP contribution in [0.3, 0.4) is 0 Å². The lowest BCUT2D eigenvalue weighted by atomic mass is 9.80. The number of aryl methyl sites for hydroxylation is 1. The van der Waals surface area contributed by atoms with Gasteiger partial charge in [-0.15, -0.1) is 0 Å². The van der Waals surface area contributed by atoms with Gasteiger partial charge in [-0.2, -0.15) is 11.3 Å². The lowest BCUT2D eigenvalue weighted by Crippen LogP contribution is -2.50. The van der Waals surface area contributed by atoms with Crippen LogP contribution in [0.15, 0.2) is 10.8 Å². The molecule has 2 saturated heterocycles. The van der Waals surface area contributed by atoms with E-state index >= 15 is 0 Å². The third-order valence-electron chi connectivity index (χ3n) is 4.81. The highest BCUT2D eigenvalue weighted by Gasteiger charge is 2.45. The zero-order valence-corrected chi connectivity index (χ0v) is 14.4. The molecule has 2 fully saturated rings. The number of carbonyl (C=O) groups is 1. The SMILES string of the molecule is Cc1cscc1CNC(=O)N1CCCC2(CCS(=O)(=O)C2)C1. The number of likely N-dealkylation sites (tertiary alicyclic amines) is 1. The van der Waals surface area contributed by atoms with Gasteiger partial charge >= 0.3 is 6.03 Å². The Morgan fingerprint density at radius 1 is 1.41 bits per heavy atom. The van der Waals surface area contributed by atoms with Gasteiger partial charge in [0.05, 0.1) is 11.5 Å². The topological polar surface area (TPSA) is 66.5 Å². The van der Waals surface area contributed by atoms with Crippen LogP contribution < -0.4 is 5.32 Å². The molecule has 2 amide bonds. The molecule has 122 valence electrons. The van der Waals surface area contributed by atoms with Gasteiger partial charge in [0.15, 0.2) is 9.84 Å². The van der Waals surface area contributed by atoms with Gasteiger partial charge in [-0.25, -0.2) is 13.2 Å². The van der Waals surface area contributed by atoms with Crippen molar-refractivity contribution in [2.75, 3.05) is 24.6 Å². The maximum Gasteiger partial charge on any atom is 0.317 e. The number of urea groups is 1. The number of nitrogens with one attached hydrogen (secondary N) is 1. The third-order valence-corrected chi connectivity index (χ3v) is 7.60. The summed E-state index contributed by atoms with van der Waals surface area (Å²) in [6, 6.07) is -0.0750. The highest BCUT2D eigenvalue weighted by molar-refractivity contribution is 7.91. The van der Waals surface area contributed by atoms with Crippen molar-refractivity contribution >= 4 is 27.2 Å². The van der Waals surface area contributed by atoms with Crippen molar-refractivity contribution in [2.24, 2.45) is 5.41 Å². The average Bonchev–Trinajstić information content (AvgIpc) is 3.00. The Bertz CT molecular complexity index is 668. The van der Waals surface area contributed by atoms with E-state index in [-0.39, 0.29) is 23.0 Å². The van der Waals surface area contributed by atoms with Crippen LogP contribution in [0.4, 0.5) is 4.79 Å². The summed E-state index contributed by atoms with van der Waals surface area (Å²) >= 11 is 1.64. The summed E-state index contributed by atoms with van der Waals surface area (Å²) in [7, 11) is -2.91. The van der Waals surface area contributed by atoms with Gasteiger partial charge in [-0.3, -0.25) is 0 Å². The molecule has 1 aromatic rings. The van der Waals surface area contributed by atoms with Crippen LogP contribution in [0.2, 0.25) is 0 Å². The molecule has 2 aliphatic rings. The Balaban J connectivity index is 1.60. The first kappa shape index (κ1) is 15.8. The standard InChI is InChI=1S/C15H22N2O3S2/c1-12-8-21-9-13(12)7-16-14(18)17-5-2-3-15(10-17)4-6-22(19,20)11-15/h8-9H,2-7,10-11H2,1H3,(H,16,18). The van der Waals surface area contributed by atoms with Gasteiger partial charge in [0.1, 0.15) is 0 Å². The minimum Gasteiger partial charge on any atom is -0.334 e. The Hall–Kier alpha value is -1.08. The molecule has 1 atom stereocenters. The number of nitrogens with zero attached hydrogens (tertiary/aromatic N) is 1. The summed E-state index contributed by atoms with van der Waals surface area (Å²) < 4.78 is 23.6. The van der Waals surface area contributed by atoms with Gasteiger partial charge in [-0.05, 0) is 48.1 Å². The molecule has 22 heavy (non-hydrogen) atoms. The van der Waals surface area contributed by atoms with E-state index < -0.39 is 9.84 Å². The molecule has 7 heteroatoms. The Kier molecular flexibility index (Phi) is 4.20. The summed E-state index contributed by atoms with van der Waals surface area (Å²) in [5.74, 6) is 0.518. The molecule has 1 N–H and O–H groups in total. The predicted octanol–water partition coefficient (Wildman–Crippen LogP) is 2.17. The quantitative estimate of drug-likeness (QED) is 0.896. The van der Waals surface area contributed by atoms with Gasteiger partial charge in [0.25, 0.3) is 0 Å². The maximum atomic E-state index is 12.4. The minimum absolute atomic E-state index is 0.0750. The lowest BCUT2D eigenvalue weighted by Gasteiger charge is -2.39. The number of rotatable bonds is 2.